The molecule has 0 unspecified atom stereocenters. The van der Waals surface area contributed by atoms with Gasteiger partial charge in [0.15, 0.2) is 0 Å². The SMILES string of the molecule is CC(C)(Nc1ncc([N+](=O)[O-])cn1)C1CC1. The Balaban J connectivity index is 2.07. The summed E-state index contributed by atoms with van der Waals surface area (Å²) in [6.45, 7) is 4.19. The molecule has 0 spiro atoms. The smallest absolute Gasteiger partial charge is 0.305 e. The van der Waals surface area contributed by atoms with Gasteiger partial charge in [0.25, 0.3) is 0 Å². The lowest BCUT2D eigenvalue weighted by atomic mass is 9.99. The molecule has 1 saturated carbocycles. The van der Waals surface area contributed by atoms with E-state index in [4.69, 9.17) is 0 Å². The van der Waals surface area contributed by atoms with Crippen LogP contribution >= 0.6 is 0 Å². The van der Waals surface area contributed by atoms with Crippen LogP contribution in [0.4, 0.5) is 11.6 Å². The van der Waals surface area contributed by atoms with E-state index in [1.54, 1.807) is 0 Å². The van der Waals surface area contributed by atoms with Crippen LogP contribution < -0.4 is 5.32 Å². The Morgan fingerprint density at radius 1 is 1.44 bits per heavy atom. The maximum atomic E-state index is 10.4. The van der Waals surface area contributed by atoms with E-state index in [2.05, 4.69) is 29.1 Å². The fraction of sp³-hybridized carbons (Fsp3) is 0.600. The van der Waals surface area contributed by atoms with E-state index in [9.17, 15) is 10.1 Å². The second-order valence-electron chi connectivity index (χ2n) is 4.64. The average Bonchev–Trinajstić information content (AvgIpc) is 3.01. The first kappa shape index (κ1) is 10.8. The highest BCUT2D eigenvalue weighted by Gasteiger charge is 2.38. The number of nitrogens with zero attached hydrogens (tertiary/aromatic N) is 3. The molecule has 6 heteroatoms. The minimum absolute atomic E-state index is 0.0455. The molecular formula is C10H14N4O2. The third-order valence-corrected chi connectivity index (χ3v) is 2.88. The molecule has 6 nitrogen and oxygen atoms in total. The van der Waals surface area contributed by atoms with Crippen LogP contribution in [0.1, 0.15) is 26.7 Å². The van der Waals surface area contributed by atoms with Crippen molar-refractivity contribution in [2.24, 2.45) is 5.92 Å². The van der Waals surface area contributed by atoms with E-state index in [-0.39, 0.29) is 11.2 Å². The van der Waals surface area contributed by atoms with E-state index in [1.165, 1.54) is 25.2 Å². The van der Waals surface area contributed by atoms with Crippen LogP contribution in [0, 0.1) is 16.0 Å². The maximum Gasteiger partial charge on any atom is 0.305 e. The first-order chi connectivity index (χ1) is 7.49. The molecule has 0 aliphatic heterocycles. The Morgan fingerprint density at radius 3 is 2.44 bits per heavy atom. The van der Waals surface area contributed by atoms with Crippen molar-refractivity contribution in [1.82, 2.24) is 9.97 Å². The zero-order valence-electron chi connectivity index (χ0n) is 9.30. The molecule has 0 aromatic carbocycles. The zero-order chi connectivity index (χ0) is 11.8. The van der Waals surface area contributed by atoms with Crippen LogP contribution in [0.3, 0.4) is 0 Å². The molecule has 0 saturated heterocycles. The summed E-state index contributed by atoms with van der Waals surface area (Å²) in [5, 5.41) is 13.6. The molecule has 1 aromatic heterocycles. The molecule has 0 radical (unpaired) electrons. The number of hydrogen-bond donors (Lipinski definition) is 1. The van der Waals surface area contributed by atoms with Crippen molar-refractivity contribution in [3.05, 3.63) is 22.5 Å². The van der Waals surface area contributed by atoms with Crippen molar-refractivity contribution in [1.29, 1.82) is 0 Å². The number of aromatic nitrogens is 2. The van der Waals surface area contributed by atoms with Gasteiger partial charge in [-0.05, 0) is 32.6 Å². The highest BCUT2D eigenvalue weighted by Crippen LogP contribution is 2.40. The van der Waals surface area contributed by atoms with E-state index in [1.807, 2.05) is 0 Å². The molecule has 1 aliphatic carbocycles. The summed E-state index contributed by atoms with van der Waals surface area (Å²) >= 11 is 0. The van der Waals surface area contributed by atoms with Crippen molar-refractivity contribution in [2.45, 2.75) is 32.2 Å². The Kier molecular flexibility index (Phi) is 2.49. The molecule has 1 aromatic rings. The average molecular weight is 222 g/mol. The van der Waals surface area contributed by atoms with Gasteiger partial charge in [-0.25, -0.2) is 9.97 Å². The fourth-order valence-corrected chi connectivity index (χ4v) is 1.68. The summed E-state index contributed by atoms with van der Waals surface area (Å²) in [4.78, 5) is 17.8. The molecule has 1 heterocycles. The topological polar surface area (TPSA) is 81.0 Å². The van der Waals surface area contributed by atoms with Gasteiger partial charge in [0.1, 0.15) is 12.4 Å². The van der Waals surface area contributed by atoms with Gasteiger partial charge in [-0.2, -0.15) is 0 Å². The summed E-state index contributed by atoms with van der Waals surface area (Å²) in [7, 11) is 0. The highest BCUT2D eigenvalue weighted by molar-refractivity contribution is 5.33. The molecule has 16 heavy (non-hydrogen) atoms. The minimum Gasteiger partial charge on any atom is -0.349 e. The minimum atomic E-state index is -0.504. The number of nitro groups is 1. The van der Waals surface area contributed by atoms with E-state index in [0.29, 0.717) is 11.9 Å². The van der Waals surface area contributed by atoms with Crippen LogP contribution in [0.2, 0.25) is 0 Å². The van der Waals surface area contributed by atoms with E-state index < -0.39 is 4.92 Å². The van der Waals surface area contributed by atoms with Gasteiger partial charge < -0.3 is 5.32 Å². The molecule has 2 rings (SSSR count). The molecule has 0 atom stereocenters. The Labute approximate surface area is 93.3 Å². The predicted molar refractivity (Wildman–Crippen MR) is 59.1 cm³/mol. The fourth-order valence-electron chi connectivity index (χ4n) is 1.68. The highest BCUT2D eigenvalue weighted by atomic mass is 16.6. The monoisotopic (exact) mass is 222 g/mol. The van der Waals surface area contributed by atoms with Gasteiger partial charge >= 0.3 is 5.69 Å². The predicted octanol–water partition coefficient (Wildman–Crippen LogP) is 1.99. The second kappa shape index (κ2) is 3.70. The number of hydrogen-bond acceptors (Lipinski definition) is 5. The van der Waals surface area contributed by atoms with Crippen LogP contribution in [-0.4, -0.2) is 20.4 Å². The van der Waals surface area contributed by atoms with E-state index >= 15 is 0 Å². The first-order valence-corrected chi connectivity index (χ1v) is 5.23. The Morgan fingerprint density at radius 2 is 2.00 bits per heavy atom. The van der Waals surface area contributed by atoms with Crippen molar-refractivity contribution < 1.29 is 4.92 Å². The molecule has 1 fully saturated rings. The lowest BCUT2D eigenvalue weighted by Crippen LogP contribution is -2.34. The summed E-state index contributed by atoms with van der Waals surface area (Å²) in [5.74, 6) is 1.09. The second-order valence-corrected chi connectivity index (χ2v) is 4.64. The Hall–Kier alpha value is -1.72. The lowest BCUT2D eigenvalue weighted by molar-refractivity contribution is -0.385. The van der Waals surface area contributed by atoms with Gasteiger partial charge in [0.05, 0.1) is 4.92 Å². The van der Waals surface area contributed by atoms with Crippen molar-refractivity contribution in [2.75, 3.05) is 5.32 Å². The standard InChI is InChI=1S/C10H14N4O2/c1-10(2,7-3-4-7)13-9-11-5-8(6-12-9)14(15)16/h5-7H,3-4H2,1-2H3,(H,11,12,13). The van der Waals surface area contributed by atoms with Gasteiger partial charge in [-0.1, -0.05) is 0 Å². The van der Waals surface area contributed by atoms with Crippen molar-refractivity contribution >= 4 is 11.6 Å². The van der Waals surface area contributed by atoms with Crippen LogP contribution in [0.5, 0.6) is 0 Å². The lowest BCUT2D eigenvalue weighted by Gasteiger charge is -2.25. The van der Waals surface area contributed by atoms with Gasteiger partial charge in [0, 0.05) is 5.54 Å². The largest absolute Gasteiger partial charge is 0.349 e. The van der Waals surface area contributed by atoms with Crippen LogP contribution in [0.15, 0.2) is 12.4 Å². The summed E-state index contributed by atoms with van der Waals surface area (Å²) in [5.41, 5.74) is -0.134. The van der Waals surface area contributed by atoms with Crippen LogP contribution in [-0.2, 0) is 0 Å². The number of anilines is 1. The van der Waals surface area contributed by atoms with Crippen LogP contribution in [0.25, 0.3) is 0 Å². The third-order valence-electron chi connectivity index (χ3n) is 2.88. The molecular weight excluding hydrogens is 208 g/mol. The van der Waals surface area contributed by atoms with Gasteiger partial charge in [-0.15, -0.1) is 0 Å². The molecule has 1 N–H and O–H groups in total. The Bertz CT molecular complexity index is 398. The maximum absolute atomic E-state index is 10.4. The van der Waals surface area contributed by atoms with Gasteiger partial charge in [0.2, 0.25) is 5.95 Å². The number of rotatable bonds is 4. The molecule has 0 bridgehead atoms. The molecule has 0 amide bonds. The van der Waals surface area contributed by atoms with E-state index in [0.717, 1.165) is 0 Å². The third kappa shape index (κ3) is 2.26. The zero-order valence-corrected chi connectivity index (χ0v) is 9.30. The van der Waals surface area contributed by atoms with Crippen molar-refractivity contribution in [3.63, 3.8) is 0 Å². The normalized spacial score (nSPS) is 15.9. The summed E-state index contributed by atoms with van der Waals surface area (Å²) in [6, 6.07) is 0. The first-order valence-electron chi connectivity index (χ1n) is 5.23. The van der Waals surface area contributed by atoms with Gasteiger partial charge in [-0.3, -0.25) is 10.1 Å². The quantitative estimate of drug-likeness (QED) is 0.622. The molecule has 1 aliphatic rings. The number of nitrogens with one attached hydrogen (secondary N) is 1. The summed E-state index contributed by atoms with van der Waals surface area (Å²) in [6.07, 6.45) is 4.87. The molecule has 86 valence electrons. The summed E-state index contributed by atoms with van der Waals surface area (Å²) < 4.78 is 0. The van der Waals surface area contributed by atoms with Crippen molar-refractivity contribution in [3.8, 4) is 0 Å².